The van der Waals surface area contributed by atoms with E-state index in [0.717, 1.165) is 19.5 Å². The summed E-state index contributed by atoms with van der Waals surface area (Å²) in [7, 11) is 0. The Morgan fingerprint density at radius 1 is 1.45 bits per heavy atom. The Balaban J connectivity index is 1.66. The number of nitrogens with zero attached hydrogens (tertiary/aromatic N) is 2. The summed E-state index contributed by atoms with van der Waals surface area (Å²) in [6.07, 6.45) is 6.97. The molecule has 2 heterocycles. The SMILES string of the molecule is C=CC(=O)N1C[C@H]2CC[C@H](Cc3ccc(C)cn3)[C@H]2C1. The summed E-state index contributed by atoms with van der Waals surface area (Å²) in [5.74, 6) is 2.11. The molecule has 106 valence electrons. The molecule has 1 saturated carbocycles. The fourth-order valence-corrected chi connectivity index (χ4v) is 3.83. The number of aryl methyl sites for hydroxylation is 1. The first-order chi connectivity index (χ1) is 9.67. The van der Waals surface area contributed by atoms with Crippen LogP contribution in [0.25, 0.3) is 0 Å². The molecule has 0 spiro atoms. The lowest BCUT2D eigenvalue weighted by atomic mass is 9.89. The molecule has 0 bridgehead atoms. The quantitative estimate of drug-likeness (QED) is 0.791. The van der Waals surface area contributed by atoms with Crippen LogP contribution in [0.1, 0.15) is 24.1 Å². The van der Waals surface area contributed by atoms with Crippen molar-refractivity contribution in [3.63, 3.8) is 0 Å². The van der Waals surface area contributed by atoms with E-state index < -0.39 is 0 Å². The van der Waals surface area contributed by atoms with Gasteiger partial charge < -0.3 is 4.90 Å². The van der Waals surface area contributed by atoms with Crippen molar-refractivity contribution in [3.05, 3.63) is 42.2 Å². The molecule has 1 aromatic rings. The standard InChI is InChI=1S/C17H22N2O/c1-3-17(20)19-10-14-6-5-13(16(14)11-19)8-15-7-4-12(2)9-18-15/h3-4,7,9,13-14,16H,1,5-6,8,10-11H2,2H3/t13-,14-,16-/m1/s1. The number of fused-ring (bicyclic) bond motifs is 1. The molecule has 0 unspecified atom stereocenters. The molecule has 3 rings (SSSR count). The average molecular weight is 270 g/mol. The van der Waals surface area contributed by atoms with Crippen LogP contribution < -0.4 is 0 Å². The van der Waals surface area contributed by atoms with Crippen LogP contribution in [0.3, 0.4) is 0 Å². The van der Waals surface area contributed by atoms with Crippen molar-refractivity contribution in [1.29, 1.82) is 0 Å². The molecule has 0 N–H and O–H groups in total. The molecule has 20 heavy (non-hydrogen) atoms. The number of rotatable bonds is 3. The molecular formula is C17H22N2O. The van der Waals surface area contributed by atoms with E-state index in [2.05, 4.69) is 30.6 Å². The first kappa shape index (κ1) is 13.3. The number of hydrogen-bond donors (Lipinski definition) is 0. The van der Waals surface area contributed by atoms with Crippen molar-refractivity contribution in [2.24, 2.45) is 17.8 Å². The van der Waals surface area contributed by atoms with Gasteiger partial charge in [0.15, 0.2) is 0 Å². The van der Waals surface area contributed by atoms with Crippen LogP contribution in [-0.4, -0.2) is 28.9 Å². The number of amides is 1. The van der Waals surface area contributed by atoms with E-state index >= 15 is 0 Å². The molecule has 1 aromatic heterocycles. The molecule has 1 saturated heterocycles. The van der Waals surface area contributed by atoms with Crippen molar-refractivity contribution >= 4 is 5.91 Å². The van der Waals surface area contributed by atoms with Crippen molar-refractivity contribution in [2.75, 3.05) is 13.1 Å². The Morgan fingerprint density at radius 3 is 3.00 bits per heavy atom. The minimum Gasteiger partial charge on any atom is -0.339 e. The number of pyridine rings is 1. The Morgan fingerprint density at radius 2 is 2.30 bits per heavy atom. The van der Waals surface area contributed by atoms with Gasteiger partial charge in [0.1, 0.15) is 0 Å². The zero-order chi connectivity index (χ0) is 14.1. The fraction of sp³-hybridized carbons (Fsp3) is 0.529. The first-order valence-electron chi connectivity index (χ1n) is 7.50. The molecule has 0 radical (unpaired) electrons. The lowest BCUT2D eigenvalue weighted by Crippen LogP contribution is -2.28. The van der Waals surface area contributed by atoms with Crippen LogP contribution in [0.15, 0.2) is 31.0 Å². The van der Waals surface area contributed by atoms with E-state index in [1.165, 1.54) is 30.2 Å². The maximum absolute atomic E-state index is 11.7. The molecule has 3 nitrogen and oxygen atoms in total. The Hall–Kier alpha value is -1.64. The number of aromatic nitrogens is 1. The molecule has 3 atom stereocenters. The molecule has 1 aliphatic carbocycles. The molecule has 1 amide bonds. The van der Waals surface area contributed by atoms with Crippen LogP contribution in [0.5, 0.6) is 0 Å². The van der Waals surface area contributed by atoms with E-state index in [0.29, 0.717) is 17.8 Å². The third-order valence-electron chi connectivity index (χ3n) is 4.94. The lowest BCUT2D eigenvalue weighted by Gasteiger charge is -2.19. The smallest absolute Gasteiger partial charge is 0.245 e. The van der Waals surface area contributed by atoms with Gasteiger partial charge in [0.2, 0.25) is 5.91 Å². The highest BCUT2D eigenvalue weighted by molar-refractivity contribution is 5.87. The largest absolute Gasteiger partial charge is 0.339 e. The second-order valence-corrected chi connectivity index (χ2v) is 6.24. The fourth-order valence-electron chi connectivity index (χ4n) is 3.83. The van der Waals surface area contributed by atoms with E-state index in [9.17, 15) is 4.79 Å². The zero-order valence-corrected chi connectivity index (χ0v) is 12.1. The summed E-state index contributed by atoms with van der Waals surface area (Å²) in [6.45, 7) is 7.49. The zero-order valence-electron chi connectivity index (χ0n) is 12.1. The molecule has 1 aliphatic heterocycles. The molecule has 3 heteroatoms. The maximum Gasteiger partial charge on any atom is 0.245 e. The van der Waals surface area contributed by atoms with Gasteiger partial charge in [-0.2, -0.15) is 0 Å². The van der Waals surface area contributed by atoms with Gasteiger partial charge in [-0.25, -0.2) is 0 Å². The Bertz CT molecular complexity index is 508. The van der Waals surface area contributed by atoms with E-state index in [1.807, 2.05) is 11.1 Å². The van der Waals surface area contributed by atoms with Crippen LogP contribution in [-0.2, 0) is 11.2 Å². The van der Waals surface area contributed by atoms with Gasteiger partial charge in [-0.15, -0.1) is 0 Å². The predicted molar refractivity (Wildman–Crippen MR) is 79.2 cm³/mol. The minimum atomic E-state index is 0.0895. The van der Waals surface area contributed by atoms with Gasteiger partial charge in [0.25, 0.3) is 0 Å². The van der Waals surface area contributed by atoms with Crippen molar-refractivity contribution in [3.8, 4) is 0 Å². The number of hydrogen-bond acceptors (Lipinski definition) is 2. The Kier molecular flexibility index (Phi) is 3.60. The van der Waals surface area contributed by atoms with Gasteiger partial charge in [-0.1, -0.05) is 12.6 Å². The average Bonchev–Trinajstić information content (AvgIpc) is 3.02. The van der Waals surface area contributed by atoms with Crippen LogP contribution in [0.2, 0.25) is 0 Å². The monoisotopic (exact) mass is 270 g/mol. The van der Waals surface area contributed by atoms with E-state index in [4.69, 9.17) is 0 Å². The highest BCUT2D eigenvalue weighted by atomic mass is 16.2. The second kappa shape index (κ2) is 5.39. The number of carbonyl (C=O) groups is 1. The van der Waals surface area contributed by atoms with Crippen molar-refractivity contribution in [2.45, 2.75) is 26.2 Å². The highest BCUT2D eigenvalue weighted by Gasteiger charge is 2.43. The molecule has 2 fully saturated rings. The second-order valence-electron chi connectivity index (χ2n) is 6.24. The summed E-state index contributed by atoms with van der Waals surface area (Å²) in [4.78, 5) is 18.2. The van der Waals surface area contributed by atoms with Crippen molar-refractivity contribution in [1.82, 2.24) is 9.88 Å². The van der Waals surface area contributed by atoms with Gasteiger partial charge in [0, 0.05) is 25.0 Å². The van der Waals surface area contributed by atoms with Crippen molar-refractivity contribution < 1.29 is 4.79 Å². The summed E-state index contributed by atoms with van der Waals surface area (Å²) in [5, 5.41) is 0. The topological polar surface area (TPSA) is 33.2 Å². The first-order valence-corrected chi connectivity index (χ1v) is 7.50. The van der Waals surface area contributed by atoms with Gasteiger partial charge in [0.05, 0.1) is 0 Å². The van der Waals surface area contributed by atoms with Gasteiger partial charge in [-0.05, 0) is 61.6 Å². The molecule has 0 aromatic carbocycles. The number of likely N-dealkylation sites (tertiary alicyclic amines) is 1. The van der Waals surface area contributed by atoms with Crippen LogP contribution in [0.4, 0.5) is 0 Å². The van der Waals surface area contributed by atoms with E-state index in [1.54, 1.807) is 0 Å². The Labute approximate surface area is 120 Å². The lowest BCUT2D eigenvalue weighted by molar-refractivity contribution is -0.125. The van der Waals surface area contributed by atoms with E-state index in [-0.39, 0.29) is 5.91 Å². The third kappa shape index (κ3) is 2.49. The summed E-state index contributed by atoms with van der Waals surface area (Å²) < 4.78 is 0. The molecular weight excluding hydrogens is 248 g/mol. The predicted octanol–water partition coefficient (Wildman–Crippen LogP) is 2.60. The van der Waals surface area contributed by atoms with Crippen LogP contribution >= 0.6 is 0 Å². The summed E-state index contributed by atoms with van der Waals surface area (Å²) in [5.41, 5.74) is 2.40. The minimum absolute atomic E-state index is 0.0895. The number of carbonyl (C=O) groups excluding carboxylic acids is 1. The van der Waals surface area contributed by atoms with Crippen LogP contribution in [0, 0.1) is 24.7 Å². The summed E-state index contributed by atoms with van der Waals surface area (Å²) in [6, 6.07) is 4.28. The third-order valence-corrected chi connectivity index (χ3v) is 4.94. The van der Waals surface area contributed by atoms with Gasteiger partial charge >= 0.3 is 0 Å². The van der Waals surface area contributed by atoms with Gasteiger partial charge in [-0.3, -0.25) is 9.78 Å². The molecule has 2 aliphatic rings. The maximum atomic E-state index is 11.7. The normalized spacial score (nSPS) is 28.4. The summed E-state index contributed by atoms with van der Waals surface area (Å²) >= 11 is 0. The highest BCUT2D eigenvalue weighted by Crippen LogP contribution is 2.43.